The molecule has 22 heavy (non-hydrogen) atoms. The molecule has 0 bridgehead atoms. The number of fused-ring (bicyclic) bond motifs is 3. The SMILES string of the molecule is Cl.NCCCn1nc2c(c1C(=O)O)SCc1cc(O)ccc1-2. The molecule has 0 saturated heterocycles. The molecule has 1 aliphatic rings. The van der Waals surface area contributed by atoms with Crippen molar-refractivity contribution in [2.75, 3.05) is 6.54 Å². The van der Waals surface area contributed by atoms with Crippen LogP contribution in [0.3, 0.4) is 0 Å². The molecule has 0 saturated carbocycles. The number of rotatable bonds is 4. The molecule has 0 spiro atoms. The molecule has 1 aliphatic heterocycles. The molecule has 2 heterocycles. The van der Waals surface area contributed by atoms with Crippen LogP contribution in [0, 0.1) is 0 Å². The zero-order chi connectivity index (χ0) is 15.0. The Morgan fingerprint density at radius 2 is 2.23 bits per heavy atom. The van der Waals surface area contributed by atoms with E-state index in [0.717, 1.165) is 11.1 Å². The summed E-state index contributed by atoms with van der Waals surface area (Å²) in [7, 11) is 0. The van der Waals surface area contributed by atoms with Gasteiger partial charge in [0.25, 0.3) is 0 Å². The molecular formula is C14H16ClN3O3S. The zero-order valence-corrected chi connectivity index (χ0v) is 13.3. The second kappa shape index (κ2) is 6.60. The molecule has 0 unspecified atom stereocenters. The summed E-state index contributed by atoms with van der Waals surface area (Å²) in [4.78, 5) is 12.2. The van der Waals surface area contributed by atoms with Crippen LogP contribution in [-0.2, 0) is 12.3 Å². The lowest BCUT2D eigenvalue weighted by Gasteiger charge is -2.14. The Kier molecular flexibility index (Phi) is 5.00. The van der Waals surface area contributed by atoms with Crippen molar-refractivity contribution in [3.63, 3.8) is 0 Å². The van der Waals surface area contributed by atoms with Gasteiger partial charge in [0.2, 0.25) is 0 Å². The number of hydrogen-bond donors (Lipinski definition) is 3. The first kappa shape index (κ1) is 16.7. The number of carboxylic acid groups (broad SMARTS) is 1. The van der Waals surface area contributed by atoms with E-state index in [1.54, 1.807) is 18.2 Å². The van der Waals surface area contributed by atoms with E-state index >= 15 is 0 Å². The zero-order valence-electron chi connectivity index (χ0n) is 11.7. The minimum absolute atomic E-state index is 0. The third-order valence-electron chi connectivity index (χ3n) is 3.40. The number of nitrogens with zero attached hydrogens (tertiary/aromatic N) is 2. The number of halogens is 1. The summed E-state index contributed by atoms with van der Waals surface area (Å²) in [6, 6.07) is 5.08. The van der Waals surface area contributed by atoms with Crippen LogP contribution < -0.4 is 5.73 Å². The molecular weight excluding hydrogens is 326 g/mol. The maximum Gasteiger partial charge on any atom is 0.355 e. The number of carbonyl (C=O) groups is 1. The summed E-state index contributed by atoms with van der Waals surface area (Å²) in [5, 5.41) is 23.5. The van der Waals surface area contributed by atoms with Crippen molar-refractivity contribution in [3.05, 3.63) is 29.5 Å². The van der Waals surface area contributed by atoms with Gasteiger partial charge >= 0.3 is 5.97 Å². The molecule has 0 atom stereocenters. The maximum atomic E-state index is 11.5. The first-order valence-corrected chi connectivity index (χ1v) is 7.59. The van der Waals surface area contributed by atoms with Gasteiger partial charge in [-0.05, 0) is 36.7 Å². The molecule has 0 aliphatic carbocycles. The summed E-state index contributed by atoms with van der Waals surface area (Å²) in [6.07, 6.45) is 0.675. The minimum Gasteiger partial charge on any atom is -0.508 e. The van der Waals surface area contributed by atoms with Crippen LogP contribution in [0.25, 0.3) is 11.3 Å². The average molecular weight is 342 g/mol. The van der Waals surface area contributed by atoms with Gasteiger partial charge in [0.05, 0.1) is 4.90 Å². The Labute approximate surface area is 137 Å². The lowest BCUT2D eigenvalue weighted by molar-refractivity contribution is 0.0679. The van der Waals surface area contributed by atoms with E-state index in [9.17, 15) is 15.0 Å². The maximum absolute atomic E-state index is 11.5. The van der Waals surface area contributed by atoms with E-state index in [4.69, 9.17) is 5.73 Å². The van der Waals surface area contributed by atoms with Crippen molar-refractivity contribution in [2.45, 2.75) is 23.6 Å². The third-order valence-corrected chi connectivity index (χ3v) is 4.53. The normalized spacial score (nSPS) is 12.2. The van der Waals surface area contributed by atoms with E-state index in [2.05, 4.69) is 5.10 Å². The number of aryl methyl sites for hydroxylation is 1. The van der Waals surface area contributed by atoms with E-state index in [1.807, 2.05) is 0 Å². The second-order valence-corrected chi connectivity index (χ2v) is 5.81. The number of aromatic hydroxyl groups is 1. The van der Waals surface area contributed by atoms with Crippen molar-refractivity contribution in [1.82, 2.24) is 9.78 Å². The summed E-state index contributed by atoms with van der Waals surface area (Å²) < 4.78 is 1.52. The van der Waals surface area contributed by atoms with Crippen molar-refractivity contribution >= 4 is 30.1 Å². The molecule has 0 amide bonds. The lowest BCUT2D eigenvalue weighted by Crippen LogP contribution is -2.13. The highest BCUT2D eigenvalue weighted by Gasteiger charge is 2.28. The summed E-state index contributed by atoms with van der Waals surface area (Å²) in [5.74, 6) is -0.145. The lowest BCUT2D eigenvalue weighted by atomic mass is 10.0. The van der Waals surface area contributed by atoms with Crippen molar-refractivity contribution in [1.29, 1.82) is 0 Å². The van der Waals surface area contributed by atoms with Gasteiger partial charge in [0, 0.05) is 17.9 Å². The van der Waals surface area contributed by atoms with Crippen molar-refractivity contribution in [3.8, 4) is 17.0 Å². The fourth-order valence-electron chi connectivity index (χ4n) is 2.45. The Bertz CT molecular complexity index is 718. The van der Waals surface area contributed by atoms with Gasteiger partial charge in [0.15, 0.2) is 5.69 Å². The van der Waals surface area contributed by atoms with E-state index < -0.39 is 5.97 Å². The Morgan fingerprint density at radius 1 is 1.45 bits per heavy atom. The highest BCUT2D eigenvalue weighted by molar-refractivity contribution is 7.98. The number of phenols is 1. The van der Waals surface area contributed by atoms with Gasteiger partial charge < -0.3 is 15.9 Å². The van der Waals surface area contributed by atoms with Crippen LogP contribution in [0.2, 0.25) is 0 Å². The van der Waals surface area contributed by atoms with E-state index in [1.165, 1.54) is 16.4 Å². The van der Waals surface area contributed by atoms with Crippen LogP contribution in [0.5, 0.6) is 5.75 Å². The predicted octanol–water partition coefficient (Wildman–Crippen LogP) is 2.33. The Hall–Kier alpha value is -1.70. The van der Waals surface area contributed by atoms with Crippen LogP contribution in [0.4, 0.5) is 0 Å². The molecule has 0 radical (unpaired) electrons. The monoisotopic (exact) mass is 341 g/mol. The molecule has 2 aromatic rings. The number of phenolic OH excluding ortho intramolecular Hbond substituents is 1. The van der Waals surface area contributed by atoms with Gasteiger partial charge in [-0.25, -0.2) is 4.79 Å². The van der Waals surface area contributed by atoms with Gasteiger partial charge in [-0.15, -0.1) is 24.2 Å². The molecule has 1 aromatic heterocycles. The fraction of sp³-hybridized carbons (Fsp3) is 0.286. The summed E-state index contributed by atoms with van der Waals surface area (Å²) >= 11 is 1.44. The number of nitrogens with two attached hydrogens (primary N) is 1. The first-order valence-electron chi connectivity index (χ1n) is 6.61. The van der Waals surface area contributed by atoms with Crippen molar-refractivity contribution < 1.29 is 15.0 Å². The quantitative estimate of drug-likeness (QED) is 0.789. The predicted molar refractivity (Wildman–Crippen MR) is 86.8 cm³/mol. The number of aromatic carboxylic acids is 1. The summed E-state index contributed by atoms with van der Waals surface area (Å²) in [6.45, 7) is 0.973. The fourth-order valence-corrected chi connectivity index (χ4v) is 3.60. The molecule has 3 rings (SSSR count). The Morgan fingerprint density at radius 3 is 2.91 bits per heavy atom. The molecule has 1 aromatic carbocycles. The van der Waals surface area contributed by atoms with Gasteiger partial charge in [-0.3, -0.25) is 4.68 Å². The molecule has 4 N–H and O–H groups in total. The number of aromatic nitrogens is 2. The first-order chi connectivity index (χ1) is 10.1. The second-order valence-electron chi connectivity index (χ2n) is 4.83. The summed E-state index contributed by atoms with van der Waals surface area (Å²) in [5.41, 5.74) is 8.25. The van der Waals surface area contributed by atoms with Crippen LogP contribution in [-0.4, -0.2) is 32.5 Å². The highest BCUT2D eigenvalue weighted by atomic mass is 35.5. The number of hydrogen-bond acceptors (Lipinski definition) is 5. The van der Waals surface area contributed by atoms with Crippen molar-refractivity contribution in [2.24, 2.45) is 5.73 Å². The van der Waals surface area contributed by atoms with Gasteiger partial charge in [-0.1, -0.05) is 0 Å². The molecule has 6 nitrogen and oxygen atoms in total. The third kappa shape index (κ3) is 2.79. The molecule has 0 fully saturated rings. The molecule has 8 heteroatoms. The Balaban J connectivity index is 0.00000176. The number of benzene rings is 1. The average Bonchev–Trinajstić information content (AvgIpc) is 2.83. The van der Waals surface area contributed by atoms with Gasteiger partial charge in [0.1, 0.15) is 11.4 Å². The topological polar surface area (TPSA) is 101 Å². The number of thioether (sulfide) groups is 1. The minimum atomic E-state index is -0.976. The number of carboxylic acids is 1. The molecule has 118 valence electrons. The van der Waals surface area contributed by atoms with E-state index in [0.29, 0.717) is 35.9 Å². The van der Waals surface area contributed by atoms with Crippen LogP contribution >= 0.6 is 24.2 Å². The largest absolute Gasteiger partial charge is 0.508 e. The van der Waals surface area contributed by atoms with Gasteiger partial charge in [-0.2, -0.15) is 5.10 Å². The van der Waals surface area contributed by atoms with E-state index in [-0.39, 0.29) is 23.9 Å². The van der Waals surface area contributed by atoms with Crippen LogP contribution in [0.1, 0.15) is 22.5 Å². The van der Waals surface area contributed by atoms with Crippen LogP contribution in [0.15, 0.2) is 23.1 Å². The smallest absolute Gasteiger partial charge is 0.355 e. The standard InChI is InChI=1S/C14H15N3O3S.ClH/c15-4-1-5-17-12(14(19)20)13-11(16-17)10-3-2-9(18)6-8(10)7-21-13;/h2-3,6,18H,1,4-5,7,15H2,(H,19,20);1H. The highest BCUT2D eigenvalue weighted by Crippen LogP contribution is 2.43.